The van der Waals surface area contributed by atoms with Gasteiger partial charge < -0.3 is 14.7 Å². The highest BCUT2D eigenvalue weighted by atomic mass is 35.5. The molecule has 1 aromatic rings. The van der Waals surface area contributed by atoms with E-state index >= 15 is 0 Å². The molecule has 1 atom stereocenters. The Bertz CT molecular complexity index is 430. The van der Waals surface area contributed by atoms with Crippen LogP contribution in [-0.4, -0.2) is 29.5 Å². The third-order valence-electron chi connectivity index (χ3n) is 1.97. The molecule has 98 valence electrons. The summed E-state index contributed by atoms with van der Waals surface area (Å²) in [5.41, 5.74) is -0.103. The zero-order valence-electron chi connectivity index (χ0n) is 10.1. The predicted molar refractivity (Wildman–Crippen MR) is 68.2 cm³/mol. The fourth-order valence-electron chi connectivity index (χ4n) is 1.06. The number of hydrogen-bond acceptors (Lipinski definition) is 4. The van der Waals surface area contributed by atoms with Crippen molar-refractivity contribution in [2.45, 2.75) is 20.0 Å². The summed E-state index contributed by atoms with van der Waals surface area (Å²) in [6.45, 7) is 3.31. The molecule has 0 fully saturated rings. The molecule has 1 unspecified atom stereocenters. The largest absolute Gasteiger partial charge is 0.487 e. The summed E-state index contributed by atoms with van der Waals surface area (Å²) >= 11 is 5.74. The summed E-state index contributed by atoms with van der Waals surface area (Å²) in [5.74, 6) is -0.448. The minimum absolute atomic E-state index is 0.103. The molecule has 5 nitrogen and oxygen atoms in total. The maximum absolute atomic E-state index is 10.4. The smallest absolute Gasteiger partial charge is 0.353 e. The van der Waals surface area contributed by atoms with Crippen LogP contribution < -0.4 is 4.74 Å². The van der Waals surface area contributed by atoms with Crippen LogP contribution in [0, 0.1) is 0 Å². The number of hydrogen-bond donors (Lipinski definition) is 1. The second kappa shape index (κ2) is 6.86. The normalized spacial score (nSPS) is 12.9. The fourth-order valence-corrected chi connectivity index (χ4v) is 1.18. The summed E-state index contributed by atoms with van der Waals surface area (Å²) in [7, 11) is 0. The Balaban J connectivity index is 2.38. The molecule has 0 aromatic heterocycles. The van der Waals surface area contributed by atoms with E-state index in [4.69, 9.17) is 26.3 Å². The lowest BCUT2D eigenvalue weighted by Crippen LogP contribution is -2.18. The molecular weight excluding hydrogens is 258 g/mol. The number of carboxylic acid groups (broad SMARTS) is 1. The molecule has 0 aliphatic rings. The molecule has 0 spiro atoms. The second-order valence-electron chi connectivity index (χ2n) is 3.66. The van der Waals surface area contributed by atoms with Crippen LogP contribution in [-0.2, 0) is 9.63 Å². The quantitative estimate of drug-likeness (QED) is 0.638. The van der Waals surface area contributed by atoms with Crippen molar-refractivity contribution in [3.8, 4) is 5.75 Å². The molecular formula is C12H14ClNO4. The summed E-state index contributed by atoms with van der Waals surface area (Å²) in [4.78, 5) is 15.3. The van der Waals surface area contributed by atoms with E-state index in [1.54, 1.807) is 31.2 Å². The summed E-state index contributed by atoms with van der Waals surface area (Å²) in [6.07, 6.45) is -0.253. The van der Waals surface area contributed by atoms with Gasteiger partial charge in [-0.05, 0) is 38.1 Å². The molecule has 1 rings (SSSR count). The first kappa shape index (κ1) is 14.3. The number of oxime groups is 1. The standard InChI is InChI=1S/C12H14ClNO4/c1-8(7-17-14-9(2)12(15)16)18-11-5-3-10(13)4-6-11/h3-6,8H,7H2,1-2H3,(H,15,16)/b14-9+. The van der Waals surface area contributed by atoms with Crippen molar-refractivity contribution in [3.05, 3.63) is 29.3 Å². The van der Waals surface area contributed by atoms with E-state index in [-0.39, 0.29) is 18.4 Å². The Kier molecular flexibility index (Phi) is 5.45. The first-order valence-electron chi connectivity index (χ1n) is 5.31. The van der Waals surface area contributed by atoms with Crippen LogP contribution in [0.15, 0.2) is 29.4 Å². The van der Waals surface area contributed by atoms with Crippen molar-refractivity contribution in [1.29, 1.82) is 0 Å². The first-order chi connectivity index (χ1) is 8.49. The van der Waals surface area contributed by atoms with Crippen molar-refractivity contribution >= 4 is 23.3 Å². The van der Waals surface area contributed by atoms with Crippen molar-refractivity contribution < 1.29 is 19.5 Å². The number of nitrogens with zero attached hydrogens (tertiary/aromatic N) is 1. The van der Waals surface area contributed by atoms with Crippen LogP contribution in [0.2, 0.25) is 5.02 Å². The molecule has 1 aromatic carbocycles. The number of carboxylic acids is 1. The lowest BCUT2D eigenvalue weighted by atomic mass is 10.3. The van der Waals surface area contributed by atoms with E-state index in [2.05, 4.69) is 5.16 Å². The molecule has 0 bridgehead atoms. The zero-order chi connectivity index (χ0) is 13.5. The molecule has 0 aliphatic heterocycles. The Morgan fingerprint density at radius 1 is 1.44 bits per heavy atom. The van der Waals surface area contributed by atoms with Gasteiger partial charge in [0.2, 0.25) is 0 Å². The van der Waals surface area contributed by atoms with Crippen LogP contribution in [0.3, 0.4) is 0 Å². The lowest BCUT2D eigenvalue weighted by molar-refractivity contribution is -0.129. The first-order valence-corrected chi connectivity index (χ1v) is 5.69. The van der Waals surface area contributed by atoms with Gasteiger partial charge in [-0.3, -0.25) is 0 Å². The molecule has 0 saturated heterocycles. The highest BCUT2D eigenvalue weighted by molar-refractivity contribution is 6.34. The summed E-state index contributed by atoms with van der Waals surface area (Å²) in [6, 6.07) is 6.92. The third kappa shape index (κ3) is 5.05. The lowest BCUT2D eigenvalue weighted by Gasteiger charge is -2.13. The molecule has 0 radical (unpaired) electrons. The molecule has 0 saturated carbocycles. The van der Waals surface area contributed by atoms with Crippen molar-refractivity contribution in [2.75, 3.05) is 6.61 Å². The molecule has 0 amide bonds. The number of benzene rings is 1. The van der Waals surface area contributed by atoms with Gasteiger partial charge in [-0.15, -0.1) is 0 Å². The fraction of sp³-hybridized carbons (Fsp3) is 0.333. The van der Waals surface area contributed by atoms with Gasteiger partial charge in [-0.2, -0.15) is 0 Å². The minimum atomic E-state index is -1.11. The molecule has 1 N–H and O–H groups in total. The average molecular weight is 272 g/mol. The van der Waals surface area contributed by atoms with Crippen LogP contribution in [0.1, 0.15) is 13.8 Å². The van der Waals surface area contributed by atoms with Gasteiger partial charge in [-0.1, -0.05) is 16.8 Å². The maximum atomic E-state index is 10.4. The van der Waals surface area contributed by atoms with Crippen molar-refractivity contribution in [2.24, 2.45) is 5.16 Å². The maximum Gasteiger partial charge on any atom is 0.353 e. The van der Waals surface area contributed by atoms with Gasteiger partial charge >= 0.3 is 5.97 Å². The van der Waals surface area contributed by atoms with Crippen LogP contribution in [0.4, 0.5) is 0 Å². The van der Waals surface area contributed by atoms with Gasteiger partial charge in [0, 0.05) is 5.02 Å². The van der Waals surface area contributed by atoms with E-state index in [1.165, 1.54) is 6.92 Å². The minimum Gasteiger partial charge on any atom is -0.487 e. The highest BCUT2D eigenvalue weighted by Gasteiger charge is 2.06. The van der Waals surface area contributed by atoms with Gasteiger partial charge in [0.25, 0.3) is 0 Å². The van der Waals surface area contributed by atoms with Crippen LogP contribution in [0.5, 0.6) is 5.75 Å². The Morgan fingerprint density at radius 2 is 2.06 bits per heavy atom. The van der Waals surface area contributed by atoms with Gasteiger partial charge in [0.15, 0.2) is 12.3 Å². The van der Waals surface area contributed by atoms with Crippen molar-refractivity contribution in [1.82, 2.24) is 0 Å². The Morgan fingerprint density at radius 3 is 2.61 bits per heavy atom. The average Bonchev–Trinajstić information content (AvgIpc) is 2.32. The summed E-state index contributed by atoms with van der Waals surface area (Å²) < 4.78 is 5.51. The number of carbonyl (C=O) groups is 1. The Hall–Kier alpha value is -1.75. The van der Waals surface area contributed by atoms with Crippen LogP contribution in [0.25, 0.3) is 0 Å². The van der Waals surface area contributed by atoms with E-state index in [0.717, 1.165) is 0 Å². The number of ether oxygens (including phenoxy) is 1. The van der Waals surface area contributed by atoms with Gasteiger partial charge in [0.05, 0.1) is 0 Å². The monoisotopic (exact) mass is 271 g/mol. The summed E-state index contributed by atoms with van der Waals surface area (Å²) in [5, 5.41) is 12.6. The third-order valence-corrected chi connectivity index (χ3v) is 2.22. The van der Waals surface area contributed by atoms with E-state index in [0.29, 0.717) is 10.8 Å². The van der Waals surface area contributed by atoms with Crippen molar-refractivity contribution in [3.63, 3.8) is 0 Å². The molecule has 18 heavy (non-hydrogen) atoms. The Labute approximate surface area is 110 Å². The molecule has 0 heterocycles. The van der Waals surface area contributed by atoms with E-state index in [1.807, 2.05) is 0 Å². The number of rotatable bonds is 6. The number of halogens is 1. The van der Waals surface area contributed by atoms with Gasteiger partial charge in [0.1, 0.15) is 11.9 Å². The predicted octanol–water partition coefficient (Wildman–Crippen LogP) is 2.58. The van der Waals surface area contributed by atoms with E-state index < -0.39 is 5.97 Å². The SMILES string of the molecule is C/C(=N\OCC(C)Oc1ccc(Cl)cc1)C(=O)O. The van der Waals surface area contributed by atoms with Gasteiger partial charge in [-0.25, -0.2) is 4.79 Å². The highest BCUT2D eigenvalue weighted by Crippen LogP contribution is 2.16. The second-order valence-corrected chi connectivity index (χ2v) is 4.10. The zero-order valence-corrected chi connectivity index (χ0v) is 10.8. The molecule has 0 aliphatic carbocycles. The molecule has 6 heteroatoms. The topological polar surface area (TPSA) is 68.1 Å². The van der Waals surface area contributed by atoms with Crippen LogP contribution >= 0.6 is 11.6 Å². The number of aliphatic carboxylic acids is 1. The van der Waals surface area contributed by atoms with E-state index in [9.17, 15) is 4.79 Å².